The number of H-pyrrole nitrogens is 1. The Hall–Kier alpha value is -5.21. The number of hydrogen-bond acceptors (Lipinski definition) is 8. The quantitative estimate of drug-likeness (QED) is 0.309. The van der Waals surface area contributed by atoms with Crippen molar-refractivity contribution in [1.82, 2.24) is 40.3 Å². The topological polar surface area (TPSA) is 188 Å². The third-order valence-corrected chi connectivity index (χ3v) is 10.8. The molecule has 4 N–H and O–H groups in total. The van der Waals surface area contributed by atoms with Gasteiger partial charge in [0, 0.05) is 50.7 Å². The van der Waals surface area contributed by atoms with Gasteiger partial charge in [0.2, 0.25) is 17.7 Å². The zero-order valence-electron chi connectivity index (χ0n) is 30.8. The molecule has 0 saturated heterocycles. The second kappa shape index (κ2) is 16.6. The molecule has 284 valence electrons. The summed E-state index contributed by atoms with van der Waals surface area (Å²) in [4.78, 5) is 91.1. The molecule has 0 unspecified atom stereocenters. The molecule has 0 spiro atoms. The van der Waals surface area contributed by atoms with Crippen LogP contribution in [0.3, 0.4) is 0 Å². The van der Waals surface area contributed by atoms with Crippen LogP contribution in [0.15, 0.2) is 29.1 Å². The van der Waals surface area contributed by atoms with E-state index in [9.17, 15) is 28.8 Å². The first-order valence-electron chi connectivity index (χ1n) is 18.9. The minimum atomic E-state index is -0.752. The Morgan fingerprint density at radius 2 is 1.70 bits per heavy atom. The lowest BCUT2D eigenvalue weighted by molar-refractivity contribution is -0.130. The standard InChI is InChI=1S/C38H50N8O7/c1-4-23(2)32-34(49)40-16-9-19-45-30-20-24(13-14-28(30)42-38(45)52)33(48)39-15-8-18-44(17-7-12-31(47)43-32)36(50)27-21-26-29(41-35(27)53-3)22-46(37(26)51)25-10-5-6-11-25/h13-14,20-21,23,25,32H,4-12,15-19,22H2,1-3H3,(H,39,48)(H,40,49)(H,42,52)(H,43,47)/t23-,32-/m0/s1. The molecular weight excluding hydrogens is 680 g/mol. The molecule has 15 heteroatoms. The van der Waals surface area contributed by atoms with Crippen LogP contribution in [-0.2, 0) is 22.7 Å². The van der Waals surface area contributed by atoms with Crippen molar-refractivity contribution in [1.29, 1.82) is 0 Å². The molecule has 2 atom stereocenters. The van der Waals surface area contributed by atoms with E-state index in [4.69, 9.17) is 4.74 Å². The number of benzene rings is 1. The van der Waals surface area contributed by atoms with Crippen molar-refractivity contribution in [2.45, 2.75) is 96.8 Å². The number of imidazole rings is 1. The van der Waals surface area contributed by atoms with Crippen LogP contribution < -0.4 is 26.4 Å². The van der Waals surface area contributed by atoms with E-state index in [2.05, 4.69) is 25.9 Å². The number of methoxy groups -OCH3 is 1. The van der Waals surface area contributed by atoms with Gasteiger partial charge in [0.1, 0.15) is 11.6 Å². The van der Waals surface area contributed by atoms with Gasteiger partial charge in [0.15, 0.2) is 0 Å². The van der Waals surface area contributed by atoms with E-state index in [-0.39, 0.29) is 85.3 Å². The van der Waals surface area contributed by atoms with Crippen molar-refractivity contribution in [3.8, 4) is 5.88 Å². The lowest BCUT2D eigenvalue weighted by Crippen LogP contribution is -2.50. The minimum Gasteiger partial charge on any atom is -0.480 e. The van der Waals surface area contributed by atoms with Crippen LogP contribution >= 0.6 is 0 Å². The van der Waals surface area contributed by atoms with Gasteiger partial charge in [-0.15, -0.1) is 0 Å². The van der Waals surface area contributed by atoms with Gasteiger partial charge in [-0.1, -0.05) is 33.1 Å². The highest BCUT2D eigenvalue weighted by molar-refractivity contribution is 6.03. The molecule has 53 heavy (non-hydrogen) atoms. The molecule has 1 aromatic carbocycles. The molecule has 15 nitrogen and oxygen atoms in total. The molecule has 4 heterocycles. The van der Waals surface area contributed by atoms with E-state index < -0.39 is 11.9 Å². The predicted molar refractivity (Wildman–Crippen MR) is 197 cm³/mol. The Kier molecular flexibility index (Phi) is 11.8. The van der Waals surface area contributed by atoms with Gasteiger partial charge in [0.05, 0.1) is 35.9 Å². The van der Waals surface area contributed by atoms with E-state index >= 15 is 0 Å². The van der Waals surface area contributed by atoms with Crippen molar-refractivity contribution in [3.63, 3.8) is 0 Å². The van der Waals surface area contributed by atoms with Gasteiger partial charge in [-0.05, 0) is 62.3 Å². The number of pyridine rings is 1. The summed E-state index contributed by atoms with van der Waals surface area (Å²) in [6.45, 7) is 5.51. The van der Waals surface area contributed by atoms with Crippen molar-refractivity contribution >= 4 is 40.6 Å². The van der Waals surface area contributed by atoms with Crippen LogP contribution in [0.5, 0.6) is 5.88 Å². The van der Waals surface area contributed by atoms with Crippen LogP contribution in [0.4, 0.5) is 0 Å². The van der Waals surface area contributed by atoms with E-state index in [1.165, 1.54) is 7.11 Å². The second-order valence-corrected chi connectivity index (χ2v) is 14.3. The molecule has 6 rings (SSSR count). The molecule has 2 bridgehead atoms. The Balaban J connectivity index is 1.24. The average molecular weight is 731 g/mol. The first-order valence-corrected chi connectivity index (χ1v) is 18.9. The summed E-state index contributed by atoms with van der Waals surface area (Å²) in [7, 11) is 1.44. The van der Waals surface area contributed by atoms with Crippen molar-refractivity contribution in [2.24, 2.45) is 5.92 Å². The molecule has 1 fully saturated rings. The minimum absolute atomic E-state index is 0.0666. The summed E-state index contributed by atoms with van der Waals surface area (Å²) < 4.78 is 7.12. The van der Waals surface area contributed by atoms with Crippen LogP contribution in [0, 0.1) is 5.92 Å². The summed E-state index contributed by atoms with van der Waals surface area (Å²) in [6, 6.07) is 5.99. The lowest BCUT2D eigenvalue weighted by Gasteiger charge is -2.25. The summed E-state index contributed by atoms with van der Waals surface area (Å²) in [5, 5.41) is 8.72. The van der Waals surface area contributed by atoms with E-state index in [0.29, 0.717) is 66.6 Å². The van der Waals surface area contributed by atoms with E-state index in [1.54, 1.807) is 33.7 Å². The van der Waals surface area contributed by atoms with Gasteiger partial charge >= 0.3 is 5.69 Å². The maximum Gasteiger partial charge on any atom is 0.326 e. The highest BCUT2D eigenvalue weighted by Gasteiger charge is 2.37. The second-order valence-electron chi connectivity index (χ2n) is 14.3. The van der Waals surface area contributed by atoms with Gasteiger partial charge in [-0.2, -0.15) is 0 Å². The van der Waals surface area contributed by atoms with Crippen LogP contribution in [0.25, 0.3) is 11.0 Å². The summed E-state index contributed by atoms with van der Waals surface area (Å²) in [5.74, 6) is -1.49. The number of carbonyl (C=O) groups is 5. The molecule has 1 aliphatic carbocycles. The summed E-state index contributed by atoms with van der Waals surface area (Å²) in [6.07, 6.45) is 5.94. The fourth-order valence-electron chi connectivity index (χ4n) is 7.56. The van der Waals surface area contributed by atoms with Crippen molar-refractivity contribution in [3.05, 3.63) is 57.1 Å². The molecule has 2 aliphatic heterocycles. The van der Waals surface area contributed by atoms with Gasteiger partial charge in [-0.3, -0.25) is 28.5 Å². The normalized spacial score (nSPS) is 20.5. The summed E-state index contributed by atoms with van der Waals surface area (Å²) in [5.41, 5.74) is 2.37. The predicted octanol–water partition coefficient (Wildman–Crippen LogP) is 2.72. The first-order chi connectivity index (χ1) is 25.6. The molecule has 1 saturated carbocycles. The van der Waals surface area contributed by atoms with E-state index in [1.807, 2.05) is 18.7 Å². The zero-order valence-corrected chi connectivity index (χ0v) is 30.8. The molecule has 3 aliphatic rings. The molecule has 3 aromatic rings. The van der Waals surface area contributed by atoms with Crippen LogP contribution in [0.1, 0.15) is 108 Å². The third kappa shape index (κ3) is 8.23. The Morgan fingerprint density at radius 1 is 0.962 bits per heavy atom. The van der Waals surface area contributed by atoms with Gasteiger partial charge in [-0.25, -0.2) is 9.78 Å². The van der Waals surface area contributed by atoms with Crippen molar-refractivity contribution < 1.29 is 28.7 Å². The lowest BCUT2D eigenvalue weighted by atomic mass is 9.98. The number of carbonyl (C=O) groups excluding carboxylic acids is 5. The Morgan fingerprint density at radius 3 is 2.45 bits per heavy atom. The number of nitrogens with zero attached hydrogens (tertiary/aromatic N) is 4. The number of amides is 5. The zero-order chi connectivity index (χ0) is 37.6. The number of rotatable bonds is 5. The van der Waals surface area contributed by atoms with Crippen LogP contribution in [-0.4, -0.2) is 99.2 Å². The largest absolute Gasteiger partial charge is 0.480 e. The molecule has 5 amide bonds. The van der Waals surface area contributed by atoms with Gasteiger partial charge in [0.25, 0.3) is 17.7 Å². The number of nitrogens with one attached hydrogen (secondary N) is 4. The SMILES string of the molecule is CC[C@H](C)[C@@H]1NC(=O)CCCN(C(=O)c2cc3c(nc2OC)CN(C2CCCC2)C3=O)CCCNC(=O)c2ccc3[nH]c(=O)n(c3c2)CCCNC1=O. The fraction of sp³-hybridized carbons (Fsp3) is 0.553. The Labute approximate surface area is 308 Å². The van der Waals surface area contributed by atoms with E-state index in [0.717, 1.165) is 25.7 Å². The monoisotopic (exact) mass is 730 g/mol. The maximum atomic E-state index is 14.2. The number of hydrogen-bond donors (Lipinski definition) is 4. The number of aryl methyl sites for hydroxylation is 1. The maximum absolute atomic E-state index is 14.2. The Bertz CT molecular complexity index is 1930. The van der Waals surface area contributed by atoms with Crippen LogP contribution in [0.2, 0.25) is 0 Å². The smallest absolute Gasteiger partial charge is 0.326 e. The fourth-order valence-corrected chi connectivity index (χ4v) is 7.56. The summed E-state index contributed by atoms with van der Waals surface area (Å²) >= 11 is 0. The molecule has 2 aromatic heterocycles. The average Bonchev–Trinajstić information content (AvgIpc) is 3.88. The molecular formula is C38H50N8O7. The number of aromatic amines is 1. The number of ether oxygens (including phenoxy) is 1. The van der Waals surface area contributed by atoms with Crippen molar-refractivity contribution in [2.75, 3.05) is 33.3 Å². The van der Waals surface area contributed by atoms with Gasteiger partial charge < -0.3 is 35.5 Å². The molecule has 0 radical (unpaired) electrons. The highest BCUT2D eigenvalue weighted by Crippen LogP contribution is 2.33. The highest BCUT2D eigenvalue weighted by atomic mass is 16.5. The third-order valence-electron chi connectivity index (χ3n) is 10.8. The number of aromatic nitrogens is 3. The number of fused-ring (bicyclic) bond motifs is 2. The first kappa shape index (κ1) is 37.5.